The lowest BCUT2D eigenvalue weighted by Crippen LogP contribution is -2.49. The maximum atomic E-state index is 13.4. The summed E-state index contributed by atoms with van der Waals surface area (Å²) in [6.07, 6.45) is 8.82. The van der Waals surface area contributed by atoms with Crippen LogP contribution in [0.15, 0.2) is 48.6 Å². The third-order valence-corrected chi connectivity index (χ3v) is 12.2. The highest BCUT2D eigenvalue weighted by molar-refractivity contribution is 7.90. The minimum absolute atomic E-state index is 0.0867. The molecule has 2 heterocycles. The Morgan fingerprint density at radius 2 is 1.95 bits per heavy atom. The van der Waals surface area contributed by atoms with Gasteiger partial charge in [-0.05, 0) is 98.7 Å². The number of rotatable bonds is 2. The lowest BCUT2D eigenvalue weighted by molar-refractivity contribution is 0.0129. The van der Waals surface area contributed by atoms with Crippen molar-refractivity contribution in [1.29, 1.82) is 0 Å². The molecule has 6 rings (SSSR count). The van der Waals surface area contributed by atoms with Crippen LogP contribution in [0.5, 0.6) is 5.75 Å². The summed E-state index contributed by atoms with van der Waals surface area (Å²) in [5.74, 6) is 0.743. The minimum Gasteiger partial charge on any atom is -0.490 e. The molecule has 0 aromatic heterocycles. The van der Waals surface area contributed by atoms with Crippen LogP contribution in [0.4, 0.5) is 5.69 Å². The molecule has 1 N–H and O–H groups in total. The summed E-state index contributed by atoms with van der Waals surface area (Å²) in [5.41, 5.74) is 3.39. The molecule has 0 unspecified atom stereocenters. The molecule has 1 amide bonds. The van der Waals surface area contributed by atoms with E-state index in [1.807, 2.05) is 18.2 Å². The van der Waals surface area contributed by atoms with E-state index in [2.05, 4.69) is 21.8 Å². The number of halogens is 1. The van der Waals surface area contributed by atoms with Crippen molar-refractivity contribution >= 4 is 33.2 Å². The molecule has 10 heteroatoms. The molecule has 2 aromatic rings. The van der Waals surface area contributed by atoms with Gasteiger partial charge in [-0.3, -0.25) is 4.79 Å². The number of sulfonamides is 1. The van der Waals surface area contributed by atoms with Gasteiger partial charge in [-0.1, -0.05) is 29.8 Å². The molecule has 0 saturated heterocycles. The molecule has 0 radical (unpaired) electrons. The molecule has 232 valence electrons. The highest BCUT2D eigenvalue weighted by atomic mass is 35.5. The Labute approximate surface area is 259 Å². The van der Waals surface area contributed by atoms with E-state index >= 15 is 0 Å². The average Bonchev–Trinajstić information content (AvgIpc) is 3.12. The van der Waals surface area contributed by atoms with Gasteiger partial charge in [-0.25, -0.2) is 13.1 Å². The fraction of sp³-hybridized carbons (Fsp3) is 0.545. The number of nitrogens with one attached hydrogen (secondary N) is 1. The lowest BCUT2D eigenvalue weighted by Gasteiger charge is -2.46. The minimum atomic E-state index is -4.02. The van der Waals surface area contributed by atoms with Gasteiger partial charge in [0.05, 0.1) is 24.5 Å². The molecule has 1 fully saturated rings. The molecule has 8 nitrogen and oxygen atoms in total. The number of methoxy groups -OCH3 is 2. The van der Waals surface area contributed by atoms with E-state index < -0.39 is 27.3 Å². The second-order valence-electron chi connectivity index (χ2n) is 12.6. The van der Waals surface area contributed by atoms with Crippen LogP contribution in [0, 0.1) is 11.8 Å². The quantitative estimate of drug-likeness (QED) is 0.453. The summed E-state index contributed by atoms with van der Waals surface area (Å²) in [5, 5.41) is -0.205. The predicted octanol–water partition coefficient (Wildman–Crippen LogP) is 5.28. The highest BCUT2D eigenvalue weighted by Crippen LogP contribution is 2.47. The largest absolute Gasteiger partial charge is 0.490 e. The molecule has 2 aliphatic carbocycles. The number of hydrogen-bond donors (Lipinski definition) is 1. The summed E-state index contributed by atoms with van der Waals surface area (Å²) in [4.78, 5) is 15.8. The Bertz CT molecular complexity index is 1510. The third-order valence-electron chi connectivity index (χ3n) is 10.2. The Morgan fingerprint density at radius 1 is 1.12 bits per heavy atom. The number of hydrogen-bond acceptors (Lipinski definition) is 7. The van der Waals surface area contributed by atoms with Crippen LogP contribution in [0.25, 0.3) is 0 Å². The van der Waals surface area contributed by atoms with Gasteiger partial charge in [0.15, 0.2) is 0 Å². The zero-order valence-electron chi connectivity index (χ0n) is 25.1. The molecule has 1 spiro atoms. The number of carbonyl (C=O) groups is 1. The second kappa shape index (κ2) is 12.1. The molecule has 4 aliphatic rings. The first-order valence-corrected chi connectivity index (χ1v) is 17.2. The SMILES string of the molecule is CO[C@H]1/C=C\C[C@H](OC)[C@H](C)S(=O)(=O)NC(=O)c2ccc3c(c2)N(C[C@@H]2CC[C@H]21)C[C@@]1(CCCc2cc(Cl)ccc21)CO3. The van der Waals surface area contributed by atoms with Crippen molar-refractivity contribution < 1.29 is 27.4 Å². The molecule has 6 atom stereocenters. The summed E-state index contributed by atoms with van der Waals surface area (Å²) in [6.45, 7) is 3.58. The number of nitrogens with zero attached hydrogens (tertiary/aromatic N) is 1. The maximum absolute atomic E-state index is 13.4. The fourth-order valence-electron chi connectivity index (χ4n) is 7.50. The van der Waals surface area contributed by atoms with Crippen LogP contribution in [0.2, 0.25) is 5.02 Å². The lowest BCUT2D eigenvalue weighted by atomic mass is 9.68. The number of fused-ring (bicyclic) bond motifs is 4. The normalized spacial score (nSPS) is 32.8. The highest BCUT2D eigenvalue weighted by Gasteiger charge is 2.44. The van der Waals surface area contributed by atoms with Gasteiger partial charge in [-0.2, -0.15) is 0 Å². The predicted molar refractivity (Wildman–Crippen MR) is 168 cm³/mol. The molecular weight excluding hydrogens is 588 g/mol. The maximum Gasteiger partial charge on any atom is 0.264 e. The van der Waals surface area contributed by atoms with Crippen LogP contribution in [0.1, 0.15) is 60.5 Å². The first-order valence-electron chi connectivity index (χ1n) is 15.2. The van der Waals surface area contributed by atoms with Crippen molar-refractivity contribution in [2.24, 2.45) is 11.8 Å². The van der Waals surface area contributed by atoms with Gasteiger partial charge < -0.3 is 19.1 Å². The Morgan fingerprint density at radius 3 is 2.70 bits per heavy atom. The Balaban J connectivity index is 1.43. The fourth-order valence-corrected chi connectivity index (χ4v) is 8.87. The van der Waals surface area contributed by atoms with Crippen molar-refractivity contribution in [3.05, 3.63) is 70.3 Å². The van der Waals surface area contributed by atoms with Crippen molar-refractivity contribution in [3.8, 4) is 5.75 Å². The average molecular weight is 629 g/mol. The standard InChI is InChI=1S/C33H41ClN2O6S/c1-21-29(40-2)7-4-8-30(41-3)26-12-9-24(26)18-36-19-33(15-5-6-22-16-25(34)11-13-27(22)33)20-42-31-14-10-23(17-28(31)36)32(37)35-43(21,38)39/h4,8,10-11,13-14,16-17,21,24,26,29-30H,5-7,9,12,15,18-20H2,1-3H3,(H,35,37)/b8-4-/t21-,24-,26+,29-,30-,33-/m0/s1. The first-order chi connectivity index (χ1) is 20.6. The number of anilines is 1. The smallest absolute Gasteiger partial charge is 0.264 e. The van der Waals surface area contributed by atoms with E-state index in [0.29, 0.717) is 30.6 Å². The van der Waals surface area contributed by atoms with Gasteiger partial charge in [0, 0.05) is 43.3 Å². The van der Waals surface area contributed by atoms with Gasteiger partial charge in [0.1, 0.15) is 11.0 Å². The molecule has 2 bridgehead atoms. The first kappa shape index (κ1) is 30.4. The number of carbonyl (C=O) groups excluding carboxylic acids is 1. The third kappa shape index (κ3) is 5.81. The van der Waals surface area contributed by atoms with Crippen LogP contribution in [-0.2, 0) is 31.3 Å². The molecule has 1 saturated carbocycles. The van der Waals surface area contributed by atoms with Gasteiger partial charge in [0.2, 0.25) is 10.0 Å². The summed E-state index contributed by atoms with van der Waals surface area (Å²) < 4.78 is 46.9. The van der Waals surface area contributed by atoms with E-state index in [1.54, 1.807) is 32.2 Å². The number of ether oxygens (including phenoxy) is 3. The number of benzene rings is 2. The van der Waals surface area contributed by atoms with E-state index in [-0.39, 0.29) is 17.1 Å². The van der Waals surface area contributed by atoms with Crippen LogP contribution in [0.3, 0.4) is 0 Å². The Hall–Kier alpha value is -2.59. The molecule has 2 aromatic carbocycles. The summed E-state index contributed by atoms with van der Waals surface area (Å²) >= 11 is 6.40. The second-order valence-corrected chi connectivity index (χ2v) is 15.1. The summed E-state index contributed by atoms with van der Waals surface area (Å²) in [6, 6.07) is 11.4. The van der Waals surface area contributed by atoms with Gasteiger partial charge >= 0.3 is 0 Å². The van der Waals surface area contributed by atoms with E-state index in [0.717, 1.165) is 55.9 Å². The summed E-state index contributed by atoms with van der Waals surface area (Å²) in [7, 11) is -0.792. The van der Waals surface area contributed by atoms with Crippen LogP contribution >= 0.6 is 11.6 Å². The monoisotopic (exact) mass is 628 g/mol. The van der Waals surface area contributed by atoms with E-state index in [9.17, 15) is 13.2 Å². The molecule has 43 heavy (non-hydrogen) atoms. The molecular formula is C33H41ClN2O6S. The Kier molecular flexibility index (Phi) is 8.54. The zero-order valence-corrected chi connectivity index (χ0v) is 26.6. The number of aryl methyl sites for hydroxylation is 1. The van der Waals surface area contributed by atoms with Crippen molar-refractivity contribution in [2.75, 3.05) is 38.8 Å². The van der Waals surface area contributed by atoms with Crippen molar-refractivity contribution in [3.63, 3.8) is 0 Å². The van der Waals surface area contributed by atoms with Gasteiger partial charge in [-0.15, -0.1) is 0 Å². The van der Waals surface area contributed by atoms with Crippen LogP contribution in [-0.4, -0.2) is 65.7 Å². The van der Waals surface area contributed by atoms with Crippen LogP contribution < -0.4 is 14.4 Å². The van der Waals surface area contributed by atoms with Crippen molar-refractivity contribution in [2.45, 2.75) is 68.3 Å². The topological polar surface area (TPSA) is 94.2 Å². The van der Waals surface area contributed by atoms with E-state index in [1.165, 1.54) is 18.2 Å². The number of amides is 1. The van der Waals surface area contributed by atoms with Gasteiger partial charge in [0.25, 0.3) is 5.91 Å². The zero-order chi connectivity index (χ0) is 30.4. The van der Waals surface area contributed by atoms with Crippen molar-refractivity contribution in [1.82, 2.24) is 4.72 Å². The molecule has 2 aliphatic heterocycles. The van der Waals surface area contributed by atoms with E-state index in [4.69, 9.17) is 25.8 Å².